The number of rotatable bonds is 16. The normalized spacial score (nSPS) is 21.5. The molecule has 1 aromatic heterocycles. The Hall–Kier alpha value is -2.65. The molecule has 0 saturated heterocycles. The van der Waals surface area contributed by atoms with Crippen LogP contribution in [0.1, 0.15) is 182 Å². The predicted octanol–water partition coefficient (Wildman–Crippen LogP) is 13.0. The van der Waals surface area contributed by atoms with Crippen LogP contribution in [-0.4, -0.2) is 28.1 Å². The highest BCUT2D eigenvalue weighted by molar-refractivity contribution is 5.82. The average Bonchev–Trinajstić information content (AvgIpc) is 3.49. The van der Waals surface area contributed by atoms with Gasteiger partial charge >= 0.3 is 6.18 Å². The molecule has 5 unspecified atom stereocenters. The van der Waals surface area contributed by atoms with Crippen molar-refractivity contribution in [3.05, 3.63) is 50.6 Å². The molecule has 3 rings (SSSR count). The molecule has 1 aliphatic carbocycles. The molecular formula is C42H68F5N3O2. The molecule has 0 spiro atoms. The van der Waals surface area contributed by atoms with E-state index < -0.39 is 23.2 Å². The van der Waals surface area contributed by atoms with E-state index in [0.29, 0.717) is 18.5 Å². The number of unbranched alkanes of at least 4 members (excludes halogenated alkanes) is 3. The maximum Gasteiger partial charge on any atom is 0.422 e. The molecule has 0 amide bonds. The zero-order valence-corrected chi connectivity index (χ0v) is 33.7. The number of hydrogen-bond acceptors (Lipinski definition) is 4. The molecule has 1 aromatic rings. The van der Waals surface area contributed by atoms with Gasteiger partial charge in [-0.15, -0.1) is 0 Å². The van der Waals surface area contributed by atoms with E-state index in [1.165, 1.54) is 44.7 Å². The van der Waals surface area contributed by atoms with Crippen molar-refractivity contribution in [2.75, 3.05) is 0 Å². The number of H-pyrrole nitrogens is 1. The number of aromatic amines is 1. The quantitative estimate of drug-likeness (QED) is 0.135. The van der Waals surface area contributed by atoms with Gasteiger partial charge in [-0.3, -0.25) is 14.6 Å². The van der Waals surface area contributed by atoms with Crippen molar-refractivity contribution in [2.45, 2.75) is 184 Å². The van der Waals surface area contributed by atoms with Crippen LogP contribution in [0, 0.1) is 23.2 Å². The number of nitrogens with one attached hydrogen (secondary N) is 1. The van der Waals surface area contributed by atoms with E-state index in [2.05, 4.69) is 50.8 Å². The molecule has 5 nitrogen and oxygen atoms in total. The first-order valence-corrected chi connectivity index (χ1v) is 19.8. The number of allylic oxidation sites excluding steroid dienone is 4. The number of aromatic nitrogens is 2. The molecule has 1 aliphatic heterocycles. The molecular weight excluding hydrogens is 673 g/mol. The predicted molar refractivity (Wildman–Crippen MR) is 205 cm³/mol. The Morgan fingerprint density at radius 3 is 2.12 bits per heavy atom. The van der Waals surface area contributed by atoms with E-state index in [1.807, 2.05) is 25.9 Å². The van der Waals surface area contributed by atoms with Crippen molar-refractivity contribution < 1.29 is 26.7 Å². The van der Waals surface area contributed by atoms with Gasteiger partial charge in [0.2, 0.25) is 0 Å². The Labute approximate surface area is 310 Å². The van der Waals surface area contributed by atoms with E-state index >= 15 is 0 Å². The van der Waals surface area contributed by atoms with Crippen LogP contribution in [-0.2, 0) is 17.4 Å². The fourth-order valence-corrected chi connectivity index (χ4v) is 6.50. The number of nitrogens with zero attached hydrogens (tertiary/aromatic N) is 2. The molecule has 2 aliphatic rings. The first-order valence-electron chi connectivity index (χ1n) is 19.8. The number of carbonyl (C=O) groups excluding carboxylic acids is 1. The topological polar surface area (TPSA) is 75.2 Å². The highest BCUT2D eigenvalue weighted by Crippen LogP contribution is 2.44. The van der Waals surface area contributed by atoms with E-state index in [4.69, 9.17) is 0 Å². The van der Waals surface area contributed by atoms with Crippen LogP contribution in [0.5, 0.6) is 0 Å². The molecule has 0 fully saturated rings. The van der Waals surface area contributed by atoms with Crippen molar-refractivity contribution in [1.82, 2.24) is 10.2 Å². The monoisotopic (exact) mass is 742 g/mol. The number of alkyl halides is 5. The summed E-state index contributed by atoms with van der Waals surface area (Å²) in [5, 5.41) is 6.02. The fourth-order valence-electron chi connectivity index (χ4n) is 6.50. The molecule has 0 saturated carbocycles. The number of halogens is 5. The first-order chi connectivity index (χ1) is 24.3. The third kappa shape index (κ3) is 15.4. The van der Waals surface area contributed by atoms with Gasteiger partial charge in [-0.2, -0.15) is 18.3 Å². The smallest absolute Gasteiger partial charge is 0.299 e. The van der Waals surface area contributed by atoms with Gasteiger partial charge in [-0.05, 0) is 88.0 Å². The van der Waals surface area contributed by atoms with Gasteiger partial charge in [0.25, 0.3) is 11.5 Å². The molecule has 0 bridgehead atoms. The van der Waals surface area contributed by atoms with E-state index in [-0.39, 0.29) is 46.5 Å². The molecule has 0 aromatic carbocycles. The number of carbonyl (C=O) groups is 1. The second-order valence-corrected chi connectivity index (χ2v) is 15.5. The van der Waals surface area contributed by atoms with Crippen molar-refractivity contribution in [3.8, 4) is 0 Å². The molecule has 0 radical (unpaired) electrons. The molecule has 1 N–H and O–H groups in total. The SMILES string of the molecule is CCC(C)(CCC(C)C(C)C1CCc2c1n[nH]c(=O)c2C(F)(F)F)C(C)=O.CCC(C)CCCCCC1=C\CC\C=C(C(C)(F)F)/C=N/1.CCCC. The van der Waals surface area contributed by atoms with Crippen molar-refractivity contribution in [2.24, 2.45) is 28.2 Å². The molecule has 10 heteroatoms. The second kappa shape index (κ2) is 22.5. The van der Waals surface area contributed by atoms with Crippen LogP contribution >= 0.6 is 0 Å². The minimum absolute atomic E-state index is 0.0462. The van der Waals surface area contributed by atoms with E-state index in [0.717, 1.165) is 57.1 Å². The van der Waals surface area contributed by atoms with E-state index in [1.54, 1.807) is 13.0 Å². The molecule has 298 valence electrons. The maximum absolute atomic E-state index is 13.3. The van der Waals surface area contributed by atoms with Crippen molar-refractivity contribution >= 4 is 12.0 Å². The van der Waals surface area contributed by atoms with Gasteiger partial charge in [0.15, 0.2) is 0 Å². The molecule has 5 atom stereocenters. The van der Waals surface area contributed by atoms with Gasteiger partial charge in [0.1, 0.15) is 11.3 Å². The summed E-state index contributed by atoms with van der Waals surface area (Å²) in [4.78, 5) is 27.9. The largest absolute Gasteiger partial charge is 0.422 e. The van der Waals surface area contributed by atoms with Gasteiger partial charge in [0, 0.05) is 35.7 Å². The summed E-state index contributed by atoms with van der Waals surface area (Å²) in [5.74, 6) is -1.58. The zero-order valence-electron chi connectivity index (χ0n) is 33.7. The average molecular weight is 742 g/mol. The van der Waals surface area contributed by atoms with Crippen LogP contribution in [0.3, 0.4) is 0 Å². The fraction of sp³-hybridized carbons (Fsp3) is 0.762. The van der Waals surface area contributed by atoms with Crippen LogP contribution in [0.2, 0.25) is 0 Å². The summed E-state index contributed by atoms with van der Waals surface area (Å²) >= 11 is 0. The lowest BCUT2D eigenvalue weighted by molar-refractivity contribution is -0.139. The number of hydrogen-bond donors (Lipinski definition) is 1. The lowest BCUT2D eigenvalue weighted by Crippen LogP contribution is -2.28. The van der Waals surface area contributed by atoms with Crippen LogP contribution < -0.4 is 5.56 Å². The lowest BCUT2D eigenvalue weighted by Gasteiger charge is -2.30. The van der Waals surface area contributed by atoms with Crippen LogP contribution in [0.15, 0.2) is 33.2 Å². The molecule has 52 heavy (non-hydrogen) atoms. The first kappa shape index (κ1) is 47.4. The van der Waals surface area contributed by atoms with Crippen molar-refractivity contribution in [3.63, 3.8) is 0 Å². The summed E-state index contributed by atoms with van der Waals surface area (Å²) in [6.07, 6.45) is 14.6. The Bertz CT molecular complexity index is 1370. The summed E-state index contributed by atoms with van der Waals surface area (Å²) < 4.78 is 66.5. The third-order valence-corrected chi connectivity index (χ3v) is 11.4. The number of fused-ring (bicyclic) bond motifs is 1. The Balaban J connectivity index is 0.000000484. The highest BCUT2D eigenvalue weighted by Gasteiger charge is 2.43. The minimum atomic E-state index is -4.67. The standard InChI is InChI=1S/C20H29F3N2O2.C18H29F2N.C4H10/c1-6-19(5,13(4)26)10-9-11(2)12(3)14-7-8-15-16(20(21,22)23)18(27)25-24-17(14)15;1-4-15(2)10-6-5-7-12-17-13-9-8-11-16(14-21-17)18(3,19)20;1-3-4-2/h11-12,14H,6-10H2,1-5H3,(H,25,27);11,13-15H,4-10,12H2,1-3H3;3-4H2,1-2H3/b;16-11+,17-13-,21-14+;. The summed E-state index contributed by atoms with van der Waals surface area (Å²) in [5.41, 5.74) is -1.16. The second-order valence-electron chi connectivity index (χ2n) is 15.5. The van der Waals surface area contributed by atoms with Gasteiger partial charge in [0.05, 0.1) is 5.69 Å². The third-order valence-electron chi connectivity index (χ3n) is 11.4. The van der Waals surface area contributed by atoms with Crippen LogP contribution in [0.25, 0.3) is 0 Å². The number of ketones is 1. The van der Waals surface area contributed by atoms with Gasteiger partial charge in [-0.25, -0.2) is 13.9 Å². The summed E-state index contributed by atoms with van der Waals surface area (Å²) in [6.45, 7) is 19.5. The summed E-state index contributed by atoms with van der Waals surface area (Å²) in [7, 11) is 0. The highest BCUT2D eigenvalue weighted by atomic mass is 19.4. The molecule has 2 heterocycles. The van der Waals surface area contributed by atoms with Crippen LogP contribution in [0.4, 0.5) is 22.0 Å². The minimum Gasteiger partial charge on any atom is -0.299 e. The Morgan fingerprint density at radius 2 is 1.58 bits per heavy atom. The van der Waals surface area contributed by atoms with Gasteiger partial charge in [-0.1, -0.05) is 106 Å². The summed E-state index contributed by atoms with van der Waals surface area (Å²) in [6, 6.07) is 0. The van der Waals surface area contributed by atoms with E-state index in [9.17, 15) is 31.5 Å². The lowest BCUT2D eigenvalue weighted by atomic mass is 9.74. The Morgan fingerprint density at radius 1 is 0.942 bits per heavy atom. The van der Waals surface area contributed by atoms with Crippen molar-refractivity contribution in [1.29, 1.82) is 0 Å². The Kier molecular flexibility index (Phi) is 20.5. The number of aliphatic imine (C=N–C) groups is 1. The van der Waals surface area contributed by atoms with Gasteiger partial charge < -0.3 is 0 Å². The number of Topliss-reactive ketones (excluding diaryl/α,β-unsaturated/α-hetero) is 1. The maximum atomic E-state index is 13.3. The zero-order chi connectivity index (χ0) is 39.7.